The van der Waals surface area contributed by atoms with Gasteiger partial charge in [0.15, 0.2) is 0 Å². The fourth-order valence-electron chi connectivity index (χ4n) is 1.02. The van der Waals surface area contributed by atoms with Crippen LogP contribution >= 0.6 is 54.5 Å². The number of aromatic nitrogens is 2. The average molecular weight is 402 g/mol. The lowest BCUT2D eigenvalue weighted by Crippen LogP contribution is -1.75. The largest absolute Gasteiger partial charge is 0.270 e. The summed E-state index contributed by atoms with van der Waals surface area (Å²) in [5, 5.41) is 8.16. The Morgan fingerprint density at radius 2 is 2.08 bits per heavy atom. The van der Waals surface area contributed by atoms with Gasteiger partial charge >= 0.3 is 0 Å². The van der Waals surface area contributed by atoms with Gasteiger partial charge in [-0.2, -0.15) is 5.10 Å². The van der Waals surface area contributed by atoms with Gasteiger partial charge in [-0.05, 0) is 66.6 Å². The predicted molar refractivity (Wildman–Crippen MR) is 64.2 cm³/mol. The van der Waals surface area contributed by atoms with E-state index in [9.17, 15) is 0 Å². The van der Waals surface area contributed by atoms with Gasteiger partial charge in [0.25, 0.3) is 0 Å². The number of nitrogens with one attached hydrogen (secondary N) is 1. The number of fused-ring (bicyclic) bond motifs is 1. The maximum atomic E-state index is 4.17. The smallest absolute Gasteiger partial charge is 0.109 e. The molecule has 0 saturated carbocycles. The highest BCUT2D eigenvalue weighted by molar-refractivity contribution is 14.1. The Morgan fingerprint density at radius 3 is 2.75 bits per heavy atom. The first-order valence-electron chi connectivity index (χ1n) is 3.17. The van der Waals surface area contributed by atoms with Crippen LogP contribution in [0.4, 0.5) is 0 Å². The molecule has 2 nitrogen and oxygen atoms in total. The standard InChI is InChI=1S/C7H3Br2IN2/c8-3-1-2-4(10)6-5(3)7(9)12-11-6/h1-2H,(H,11,12). The predicted octanol–water partition coefficient (Wildman–Crippen LogP) is 3.69. The van der Waals surface area contributed by atoms with E-state index >= 15 is 0 Å². The maximum absolute atomic E-state index is 4.17. The van der Waals surface area contributed by atoms with Crippen LogP contribution in [-0.2, 0) is 0 Å². The second kappa shape index (κ2) is 3.26. The number of aromatic amines is 1. The van der Waals surface area contributed by atoms with Gasteiger partial charge in [0.2, 0.25) is 0 Å². The van der Waals surface area contributed by atoms with E-state index in [1.165, 1.54) is 0 Å². The molecular formula is C7H3Br2IN2. The fourth-order valence-corrected chi connectivity index (χ4v) is 2.86. The van der Waals surface area contributed by atoms with Gasteiger partial charge in [0.05, 0.1) is 0 Å². The number of nitrogens with zero attached hydrogens (tertiary/aromatic N) is 1. The molecule has 0 atom stereocenters. The number of hydrogen-bond acceptors (Lipinski definition) is 1. The SMILES string of the molecule is Brc1ccc(I)c2n[nH]c(Br)c12. The Labute approximate surface area is 99.5 Å². The summed E-state index contributed by atoms with van der Waals surface area (Å²) in [6, 6.07) is 4.05. The normalized spacial score (nSPS) is 10.9. The van der Waals surface area contributed by atoms with E-state index in [2.05, 4.69) is 64.6 Å². The van der Waals surface area contributed by atoms with E-state index in [0.717, 1.165) is 23.5 Å². The summed E-state index contributed by atoms with van der Waals surface area (Å²) in [7, 11) is 0. The molecule has 1 heterocycles. The van der Waals surface area contributed by atoms with E-state index < -0.39 is 0 Å². The highest BCUT2D eigenvalue weighted by atomic mass is 127. The zero-order valence-corrected chi connectivity index (χ0v) is 11.1. The molecule has 1 aromatic carbocycles. The van der Waals surface area contributed by atoms with Gasteiger partial charge in [-0.3, -0.25) is 5.10 Å². The van der Waals surface area contributed by atoms with Gasteiger partial charge in [-0.15, -0.1) is 0 Å². The summed E-state index contributed by atoms with van der Waals surface area (Å²) in [5.74, 6) is 0. The molecule has 1 aromatic heterocycles. The fraction of sp³-hybridized carbons (Fsp3) is 0. The van der Waals surface area contributed by atoms with E-state index in [0.29, 0.717) is 0 Å². The zero-order valence-electron chi connectivity index (χ0n) is 5.74. The molecule has 0 aliphatic carbocycles. The van der Waals surface area contributed by atoms with Crippen molar-refractivity contribution in [2.45, 2.75) is 0 Å². The minimum atomic E-state index is 0.919. The van der Waals surface area contributed by atoms with Crippen LogP contribution in [0.5, 0.6) is 0 Å². The van der Waals surface area contributed by atoms with Crippen LogP contribution in [-0.4, -0.2) is 10.2 Å². The van der Waals surface area contributed by atoms with Crippen LogP contribution in [0, 0.1) is 3.57 Å². The van der Waals surface area contributed by atoms with Crippen molar-refractivity contribution >= 4 is 65.4 Å². The van der Waals surface area contributed by atoms with Gasteiger partial charge in [-0.25, -0.2) is 0 Å². The first kappa shape index (κ1) is 8.96. The van der Waals surface area contributed by atoms with Crippen LogP contribution in [0.15, 0.2) is 21.2 Å². The van der Waals surface area contributed by atoms with Crippen molar-refractivity contribution in [3.63, 3.8) is 0 Å². The summed E-state index contributed by atoms with van der Waals surface area (Å²) in [5.41, 5.74) is 0.997. The third kappa shape index (κ3) is 1.31. The lowest BCUT2D eigenvalue weighted by atomic mass is 10.3. The molecule has 12 heavy (non-hydrogen) atoms. The molecular weight excluding hydrogens is 399 g/mol. The molecule has 0 radical (unpaired) electrons. The maximum Gasteiger partial charge on any atom is 0.109 e. The van der Waals surface area contributed by atoms with Crippen molar-refractivity contribution in [3.8, 4) is 0 Å². The molecule has 0 amide bonds. The van der Waals surface area contributed by atoms with Crippen molar-refractivity contribution in [3.05, 3.63) is 24.8 Å². The summed E-state index contributed by atoms with van der Waals surface area (Å²) >= 11 is 9.13. The Kier molecular flexibility index (Phi) is 2.44. The molecule has 0 bridgehead atoms. The van der Waals surface area contributed by atoms with Gasteiger partial charge in [0, 0.05) is 13.4 Å². The van der Waals surface area contributed by atoms with Crippen LogP contribution in [0.3, 0.4) is 0 Å². The Bertz CT molecular complexity index is 438. The van der Waals surface area contributed by atoms with Crippen LogP contribution in [0.1, 0.15) is 0 Å². The summed E-state index contributed by atoms with van der Waals surface area (Å²) in [6.07, 6.45) is 0. The van der Waals surface area contributed by atoms with Crippen LogP contribution in [0.25, 0.3) is 10.9 Å². The molecule has 2 rings (SSSR count). The van der Waals surface area contributed by atoms with E-state index in [1.807, 2.05) is 12.1 Å². The van der Waals surface area contributed by atoms with Gasteiger partial charge in [-0.1, -0.05) is 0 Å². The third-order valence-electron chi connectivity index (χ3n) is 1.56. The molecule has 5 heteroatoms. The average Bonchev–Trinajstić information content (AvgIpc) is 2.42. The highest BCUT2D eigenvalue weighted by Gasteiger charge is 2.08. The second-order valence-electron chi connectivity index (χ2n) is 2.29. The van der Waals surface area contributed by atoms with E-state index in [-0.39, 0.29) is 0 Å². The topological polar surface area (TPSA) is 28.7 Å². The summed E-state index contributed by atoms with van der Waals surface area (Å²) in [4.78, 5) is 0. The van der Waals surface area contributed by atoms with E-state index in [4.69, 9.17) is 0 Å². The van der Waals surface area contributed by atoms with Crippen molar-refractivity contribution in [1.82, 2.24) is 10.2 Å². The lowest BCUT2D eigenvalue weighted by molar-refractivity contribution is 1.09. The Balaban J connectivity index is 2.98. The van der Waals surface area contributed by atoms with Gasteiger partial charge in [0.1, 0.15) is 10.1 Å². The first-order valence-corrected chi connectivity index (χ1v) is 5.84. The summed E-state index contributed by atoms with van der Waals surface area (Å²) < 4.78 is 3.12. The Morgan fingerprint density at radius 1 is 1.33 bits per heavy atom. The van der Waals surface area contributed by atoms with Gasteiger partial charge < -0.3 is 0 Å². The second-order valence-corrected chi connectivity index (χ2v) is 5.10. The summed E-state index contributed by atoms with van der Waals surface area (Å²) in [6.45, 7) is 0. The zero-order chi connectivity index (χ0) is 8.72. The highest BCUT2D eigenvalue weighted by Crippen LogP contribution is 2.31. The number of hydrogen-bond donors (Lipinski definition) is 1. The molecule has 0 fully saturated rings. The molecule has 0 aliphatic heterocycles. The van der Waals surface area contributed by atoms with Crippen molar-refractivity contribution in [2.75, 3.05) is 0 Å². The monoisotopic (exact) mass is 400 g/mol. The third-order valence-corrected chi connectivity index (χ3v) is 3.67. The number of rotatable bonds is 0. The van der Waals surface area contributed by atoms with Crippen LogP contribution < -0.4 is 0 Å². The lowest BCUT2D eigenvalue weighted by Gasteiger charge is -1.94. The van der Waals surface area contributed by atoms with Crippen molar-refractivity contribution in [2.24, 2.45) is 0 Å². The van der Waals surface area contributed by atoms with Crippen molar-refractivity contribution < 1.29 is 0 Å². The van der Waals surface area contributed by atoms with Crippen LogP contribution in [0.2, 0.25) is 0 Å². The molecule has 2 aromatic rings. The van der Waals surface area contributed by atoms with E-state index in [1.54, 1.807) is 0 Å². The molecule has 0 saturated heterocycles. The molecule has 62 valence electrons. The number of halogens is 3. The number of benzene rings is 1. The number of H-pyrrole nitrogens is 1. The molecule has 0 aliphatic rings. The minimum absolute atomic E-state index is 0.919. The molecule has 0 unspecified atom stereocenters. The molecule has 1 N–H and O–H groups in total. The minimum Gasteiger partial charge on any atom is -0.270 e. The first-order chi connectivity index (χ1) is 5.70. The van der Waals surface area contributed by atoms with Crippen molar-refractivity contribution in [1.29, 1.82) is 0 Å². The Hall–Kier alpha value is 0.380. The quantitative estimate of drug-likeness (QED) is 0.670. The molecule has 0 spiro atoms.